The predicted molar refractivity (Wildman–Crippen MR) is 47.6 cm³/mol. The molecule has 0 saturated carbocycles. The van der Waals surface area contributed by atoms with Crippen LogP contribution in [0.15, 0.2) is 6.33 Å². The largest absolute Gasteiger partial charge is 0.330 e. The number of nitrogens with two attached hydrogens (primary N) is 1. The molecule has 4 heteroatoms. The van der Waals surface area contributed by atoms with Crippen molar-refractivity contribution in [2.45, 2.75) is 26.8 Å². The zero-order valence-electron chi connectivity index (χ0n) is 7.70. The highest BCUT2D eigenvalue weighted by molar-refractivity contribution is 4.86. The molecule has 68 valence electrons. The Morgan fingerprint density at radius 3 is 2.92 bits per heavy atom. The van der Waals surface area contributed by atoms with Crippen molar-refractivity contribution < 1.29 is 0 Å². The van der Waals surface area contributed by atoms with Crippen LogP contribution in [0.1, 0.15) is 19.7 Å². The average molecular weight is 168 g/mol. The topological polar surface area (TPSA) is 56.7 Å². The highest BCUT2D eigenvalue weighted by Gasteiger charge is 2.03. The van der Waals surface area contributed by atoms with E-state index < -0.39 is 0 Å². The molecule has 0 radical (unpaired) electrons. The third kappa shape index (κ3) is 2.30. The van der Waals surface area contributed by atoms with E-state index in [0.29, 0.717) is 12.5 Å². The summed E-state index contributed by atoms with van der Waals surface area (Å²) in [5.74, 6) is 1.61. The summed E-state index contributed by atoms with van der Waals surface area (Å²) < 4.78 is 2.07. The Morgan fingerprint density at radius 1 is 1.58 bits per heavy atom. The van der Waals surface area contributed by atoms with E-state index in [1.807, 2.05) is 0 Å². The lowest BCUT2D eigenvalue weighted by molar-refractivity contribution is 0.506. The fourth-order valence-electron chi connectivity index (χ4n) is 1.15. The average Bonchev–Trinajstić information content (AvgIpc) is 2.37. The number of rotatable bonds is 4. The van der Waals surface area contributed by atoms with Crippen LogP contribution in [-0.2, 0) is 13.0 Å². The molecule has 0 fully saturated rings. The van der Waals surface area contributed by atoms with Crippen molar-refractivity contribution in [3.05, 3.63) is 12.2 Å². The first-order chi connectivity index (χ1) is 5.74. The van der Waals surface area contributed by atoms with Gasteiger partial charge >= 0.3 is 0 Å². The first kappa shape index (κ1) is 9.19. The summed E-state index contributed by atoms with van der Waals surface area (Å²) in [5, 5.41) is 7.84. The molecule has 12 heavy (non-hydrogen) atoms. The minimum Gasteiger partial charge on any atom is -0.330 e. The molecule has 1 rings (SSSR count). The maximum absolute atomic E-state index is 5.44. The Labute approximate surface area is 72.8 Å². The normalized spacial score (nSPS) is 11.0. The SMILES string of the molecule is CC(C)Cn1cnnc1CCN. The number of hydrogen-bond donors (Lipinski definition) is 1. The van der Waals surface area contributed by atoms with E-state index in [9.17, 15) is 0 Å². The van der Waals surface area contributed by atoms with E-state index in [0.717, 1.165) is 18.8 Å². The second-order valence-electron chi connectivity index (χ2n) is 3.33. The lowest BCUT2D eigenvalue weighted by Gasteiger charge is -2.07. The fourth-order valence-corrected chi connectivity index (χ4v) is 1.15. The van der Waals surface area contributed by atoms with Crippen LogP contribution in [0.4, 0.5) is 0 Å². The van der Waals surface area contributed by atoms with Gasteiger partial charge in [-0.15, -0.1) is 10.2 Å². The Balaban J connectivity index is 2.63. The molecule has 1 aromatic heterocycles. The molecule has 0 saturated heterocycles. The molecule has 4 nitrogen and oxygen atoms in total. The van der Waals surface area contributed by atoms with Crippen molar-refractivity contribution in [1.29, 1.82) is 0 Å². The molecule has 0 spiro atoms. The highest BCUT2D eigenvalue weighted by atomic mass is 15.3. The molecular formula is C8H16N4. The number of nitrogens with zero attached hydrogens (tertiary/aromatic N) is 3. The van der Waals surface area contributed by atoms with Gasteiger partial charge in [0.25, 0.3) is 0 Å². The van der Waals surface area contributed by atoms with Crippen LogP contribution in [0.2, 0.25) is 0 Å². The minimum atomic E-state index is 0.623. The van der Waals surface area contributed by atoms with Gasteiger partial charge in [-0.1, -0.05) is 13.8 Å². The molecule has 0 aliphatic heterocycles. The van der Waals surface area contributed by atoms with Crippen molar-refractivity contribution in [3.8, 4) is 0 Å². The van der Waals surface area contributed by atoms with Crippen LogP contribution in [0.3, 0.4) is 0 Å². The van der Waals surface area contributed by atoms with Gasteiger partial charge in [0.15, 0.2) is 0 Å². The van der Waals surface area contributed by atoms with Gasteiger partial charge in [0.05, 0.1) is 0 Å². The summed E-state index contributed by atoms with van der Waals surface area (Å²) in [7, 11) is 0. The highest BCUT2D eigenvalue weighted by Crippen LogP contribution is 2.01. The predicted octanol–water partition coefficient (Wildman–Crippen LogP) is 0.435. The van der Waals surface area contributed by atoms with Gasteiger partial charge in [-0.2, -0.15) is 0 Å². The van der Waals surface area contributed by atoms with E-state index in [1.165, 1.54) is 0 Å². The van der Waals surface area contributed by atoms with Crippen LogP contribution in [0.5, 0.6) is 0 Å². The van der Waals surface area contributed by atoms with Gasteiger partial charge in [0.1, 0.15) is 12.2 Å². The molecule has 2 N–H and O–H groups in total. The smallest absolute Gasteiger partial charge is 0.134 e. The summed E-state index contributed by atoms with van der Waals surface area (Å²) in [6.45, 7) is 5.96. The van der Waals surface area contributed by atoms with Crippen LogP contribution in [0.25, 0.3) is 0 Å². The third-order valence-corrected chi connectivity index (χ3v) is 1.63. The quantitative estimate of drug-likeness (QED) is 0.709. The van der Waals surface area contributed by atoms with E-state index in [-0.39, 0.29) is 0 Å². The standard InChI is InChI=1S/C8H16N4/c1-7(2)5-12-6-10-11-8(12)3-4-9/h6-7H,3-5,9H2,1-2H3. The molecule has 0 aromatic carbocycles. The second-order valence-corrected chi connectivity index (χ2v) is 3.33. The number of aromatic nitrogens is 3. The monoisotopic (exact) mass is 168 g/mol. The van der Waals surface area contributed by atoms with Crippen molar-refractivity contribution in [1.82, 2.24) is 14.8 Å². The summed E-state index contributed by atoms with van der Waals surface area (Å²) in [6, 6.07) is 0. The van der Waals surface area contributed by atoms with Crippen molar-refractivity contribution >= 4 is 0 Å². The summed E-state index contributed by atoms with van der Waals surface area (Å²) in [4.78, 5) is 0. The van der Waals surface area contributed by atoms with Crippen LogP contribution < -0.4 is 5.73 Å². The molecule has 1 aromatic rings. The van der Waals surface area contributed by atoms with Gasteiger partial charge in [0, 0.05) is 13.0 Å². The van der Waals surface area contributed by atoms with Crippen molar-refractivity contribution in [2.24, 2.45) is 11.7 Å². The van der Waals surface area contributed by atoms with Gasteiger partial charge in [0.2, 0.25) is 0 Å². The lowest BCUT2D eigenvalue weighted by atomic mass is 10.2. The maximum Gasteiger partial charge on any atom is 0.134 e. The van der Waals surface area contributed by atoms with Crippen molar-refractivity contribution in [2.75, 3.05) is 6.54 Å². The van der Waals surface area contributed by atoms with Crippen molar-refractivity contribution in [3.63, 3.8) is 0 Å². The zero-order valence-corrected chi connectivity index (χ0v) is 7.70. The zero-order chi connectivity index (χ0) is 8.97. The molecular weight excluding hydrogens is 152 g/mol. The van der Waals surface area contributed by atoms with E-state index in [1.54, 1.807) is 6.33 Å². The summed E-state index contributed by atoms with van der Waals surface area (Å²) in [6.07, 6.45) is 2.58. The Morgan fingerprint density at radius 2 is 2.33 bits per heavy atom. The molecule has 0 atom stereocenters. The third-order valence-electron chi connectivity index (χ3n) is 1.63. The van der Waals surface area contributed by atoms with Gasteiger partial charge in [-0.05, 0) is 12.5 Å². The maximum atomic E-state index is 5.44. The molecule has 0 unspecified atom stereocenters. The van der Waals surface area contributed by atoms with Gasteiger partial charge in [-0.3, -0.25) is 0 Å². The van der Waals surface area contributed by atoms with E-state index in [4.69, 9.17) is 5.73 Å². The second kappa shape index (κ2) is 4.21. The minimum absolute atomic E-state index is 0.623. The summed E-state index contributed by atoms with van der Waals surface area (Å²) in [5.41, 5.74) is 5.44. The van der Waals surface area contributed by atoms with Crippen LogP contribution in [-0.4, -0.2) is 21.3 Å². The van der Waals surface area contributed by atoms with Gasteiger partial charge in [-0.25, -0.2) is 0 Å². The van der Waals surface area contributed by atoms with E-state index >= 15 is 0 Å². The van der Waals surface area contributed by atoms with E-state index in [2.05, 4.69) is 28.6 Å². The Kier molecular flexibility index (Phi) is 3.22. The molecule has 0 bridgehead atoms. The molecule has 0 aliphatic rings. The molecule has 0 aliphatic carbocycles. The Hall–Kier alpha value is -0.900. The first-order valence-electron chi connectivity index (χ1n) is 4.30. The van der Waals surface area contributed by atoms with Gasteiger partial charge < -0.3 is 10.3 Å². The lowest BCUT2D eigenvalue weighted by Crippen LogP contribution is -2.12. The Bertz CT molecular complexity index is 229. The molecule has 1 heterocycles. The molecule has 0 amide bonds. The number of hydrogen-bond acceptors (Lipinski definition) is 3. The summed E-state index contributed by atoms with van der Waals surface area (Å²) >= 11 is 0. The fraction of sp³-hybridized carbons (Fsp3) is 0.750. The van der Waals surface area contributed by atoms with Crippen LogP contribution in [0, 0.1) is 5.92 Å². The van der Waals surface area contributed by atoms with Crippen LogP contribution >= 0.6 is 0 Å². The first-order valence-corrected chi connectivity index (χ1v) is 4.30.